The molecular weight excluding hydrogens is 294 g/mol. The summed E-state index contributed by atoms with van der Waals surface area (Å²) in [7, 11) is 0. The summed E-state index contributed by atoms with van der Waals surface area (Å²) in [5, 5.41) is 9.73. The minimum Gasteiger partial charge on any atom is -0.480 e. The number of hydrogen-bond donors (Lipinski definition) is 1. The van der Waals surface area contributed by atoms with Gasteiger partial charge in [0.25, 0.3) is 0 Å². The van der Waals surface area contributed by atoms with Crippen LogP contribution in [-0.2, 0) is 20.9 Å². The second kappa shape index (κ2) is 7.43. The summed E-state index contributed by atoms with van der Waals surface area (Å²) in [4.78, 5) is 24.7. The Morgan fingerprint density at radius 1 is 1.33 bits per heavy atom. The van der Waals surface area contributed by atoms with E-state index in [0.717, 1.165) is 18.4 Å². The van der Waals surface area contributed by atoms with Gasteiger partial charge in [0.05, 0.1) is 6.61 Å². The van der Waals surface area contributed by atoms with E-state index in [1.807, 2.05) is 18.2 Å². The first-order valence-electron chi connectivity index (χ1n) is 6.93. The van der Waals surface area contributed by atoms with E-state index in [9.17, 15) is 9.59 Å². The van der Waals surface area contributed by atoms with Crippen molar-refractivity contribution in [3.8, 4) is 0 Å². The molecule has 0 radical (unpaired) electrons. The van der Waals surface area contributed by atoms with Crippen molar-refractivity contribution in [2.45, 2.75) is 31.9 Å². The average molecular weight is 312 g/mol. The third kappa shape index (κ3) is 4.19. The molecule has 0 spiro atoms. The van der Waals surface area contributed by atoms with Crippen molar-refractivity contribution in [2.75, 3.05) is 13.2 Å². The molecule has 114 valence electrons. The van der Waals surface area contributed by atoms with Gasteiger partial charge in [0.2, 0.25) is 5.91 Å². The van der Waals surface area contributed by atoms with Crippen LogP contribution in [0.3, 0.4) is 0 Å². The van der Waals surface area contributed by atoms with Gasteiger partial charge in [-0.05, 0) is 30.9 Å². The molecule has 1 saturated heterocycles. The van der Waals surface area contributed by atoms with Gasteiger partial charge in [0.15, 0.2) is 0 Å². The molecule has 1 aliphatic rings. The average Bonchev–Trinajstić information content (AvgIpc) is 2.49. The van der Waals surface area contributed by atoms with E-state index in [0.29, 0.717) is 18.0 Å². The first kappa shape index (κ1) is 15.8. The summed E-state index contributed by atoms with van der Waals surface area (Å²) in [6.45, 7) is 0.581. The van der Waals surface area contributed by atoms with Gasteiger partial charge in [-0.1, -0.05) is 29.8 Å². The minimum absolute atomic E-state index is 0.130. The van der Waals surface area contributed by atoms with E-state index >= 15 is 0 Å². The SMILES string of the molecule is O=C(O)C1CCCCN1C(=O)COCc1ccccc1Cl. The predicted molar refractivity (Wildman–Crippen MR) is 78.1 cm³/mol. The van der Waals surface area contributed by atoms with Gasteiger partial charge in [-0.15, -0.1) is 0 Å². The fourth-order valence-electron chi connectivity index (χ4n) is 2.43. The van der Waals surface area contributed by atoms with Crippen LogP contribution in [0.5, 0.6) is 0 Å². The van der Waals surface area contributed by atoms with E-state index in [-0.39, 0.29) is 19.1 Å². The topological polar surface area (TPSA) is 66.8 Å². The van der Waals surface area contributed by atoms with Gasteiger partial charge < -0.3 is 14.7 Å². The number of nitrogens with zero attached hydrogens (tertiary/aromatic N) is 1. The minimum atomic E-state index is -0.950. The fourth-order valence-corrected chi connectivity index (χ4v) is 2.62. The molecule has 1 unspecified atom stereocenters. The van der Waals surface area contributed by atoms with Crippen molar-refractivity contribution in [3.05, 3.63) is 34.9 Å². The van der Waals surface area contributed by atoms with Crippen LogP contribution in [0, 0.1) is 0 Å². The molecular formula is C15H18ClNO4. The van der Waals surface area contributed by atoms with Crippen molar-refractivity contribution in [2.24, 2.45) is 0 Å². The van der Waals surface area contributed by atoms with Crippen LogP contribution in [0.1, 0.15) is 24.8 Å². The predicted octanol–water partition coefficient (Wildman–Crippen LogP) is 2.32. The lowest BCUT2D eigenvalue weighted by Crippen LogP contribution is -2.49. The second-order valence-electron chi connectivity index (χ2n) is 5.02. The molecule has 1 aromatic carbocycles. The first-order chi connectivity index (χ1) is 10.1. The summed E-state index contributed by atoms with van der Waals surface area (Å²) in [5.74, 6) is -1.23. The van der Waals surface area contributed by atoms with Gasteiger partial charge in [-0.3, -0.25) is 4.79 Å². The molecule has 1 aliphatic heterocycles. The Morgan fingerprint density at radius 3 is 2.81 bits per heavy atom. The van der Waals surface area contributed by atoms with E-state index in [2.05, 4.69) is 0 Å². The Kier molecular flexibility index (Phi) is 5.59. The Morgan fingerprint density at radius 2 is 2.10 bits per heavy atom. The molecule has 0 aromatic heterocycles. The number of piperidine rings is 1. The number of carbonyl (C=O) groups is 2. The Labute approximate surface area is 128 Å². The fraction of sp³-hybridized carbons (Fsp3) is 0.467. The molecule has 21 heavy (non-hydrogen) atoms. The van der Waals surface area contributed by atoms with E-state index in [4.69, 9.17) is 21.4 Å². The smallest absolute Gasteiger partial charge is 0.326 e. The van der Waals surface area contributed by atoms with Gasteiger partial charge >= 0.3 is 5.97 Å². The summed E-state index contributed by atoms with van der Waals surface area (Å²) in [6.07, 6.45) is 2.17. The van der Waals surface area contributed by atoms with Crippen LogP contribution in [0.4, 0.5) is 0 Å². The highest BCUT2D eigenvalue weighted by atomic mass is 35.5. The Bertz CT molecular complexity index is 520. The normalized spacial score (nSPS) is 18.5. The number of ether oxygens (including phenoxy) is 1. The molecule has 1 heterocycles. The zero-order valence-electron chi connectivity index (χ0n) is 11.6. The molecule has 1 fully saturated rings. The maximum atomic E-state index is 12.1. The number of hydrogen-bond acceptors (Lipinski definition) is 3. The number of carboxylic acids is 1. The number of carboxylic acid groups (broad SMARTS) is 1. The van der Waals surface area contributed by atoms with Crippen molar-refractivity contribution >= 4 is 23.5 Å². The number of halogens is 1. The van der Waals surface area contributed by atoms with Crippen LogP contribution in [0.15, 0.2) is 24.3 Å². The maximum absolute atomic E-state index is 12.1. The first-order valence-corrected chi connectivity index (χ1v) is 7.31. The van der Waals surface area contributed by atoms with Crippen molar-refractivity contribution < 1.29 is 19.4 Å². The lowest BCUT2D eigenvalue weighted by Gasteiger charge is -2.32. The summed E-state index contributed by atoms with van der Waals surface area (Å²) < 4.78 is 5.38. The third-order valence-corrected chi connectivity index (χ3v) is 3.92. The molecule has 5 nitrogen and oxygen atoms in total. The van der Waals surface area contributed by atoms with E-state index in [1.165, 1.54) is 4.90 Å². The molecule has 1 aromatic rings. The van der Waals surface area contributed by atoms with Crippen molar-refractivity contribution in [1.82, 2.24) is 4.90 Å². The molecule has 0 aliphatic carbocycles. The quantitative estimate of drug-likeness (QED) is 0.906. The van der Waals surface area contributed by atoms with Crippen LogP contribution >= 0.6 is 11.6 Å². The number of benzene rings is 1. The van der Waals surface area contributed by atoms with Gasteiger partial charge in [-0.2, -0.15) is 0 Å². The number of likely N-dealkylation sites (tertiary alicyclic amines) is 1. The third-order valence-electron chi connectivity index (χ3n) is 3.55. The maximum Gasteiger partial charge on any atom is 0.326 e. The lowest BCUT2D eigenvalue weighted by molar-refractivity contribution is -0.154. The Hall–Kier alpha value is -1.59. The second-order valence-corrected chi connectivity index (χ2v) is 5.43. The van der Waals surface area contributed by atoms with Crippen LogP contribution in [0.2, 0.25) is 5.02 Å². The largest absolute Gasteiger partial charge is 0.480 e. The zero-order valence-corrected chi connectivity index (χ0v) is 12.4. The molecule has 0 bridgehead atoms. The monoisotopic (exact) mass is 311 g/mol. The molecule has 1 atom stereocenters. The van der Waals surface area contributed by atoms with Crippen molar-refractivity contribution in [1.29, 1.82) is 0 Å². The standard InChI is InChI=1S/C15H18ClNO4/c16-12-6-2-1-5-11(12)9-21-10-14(18)17-8-4-3-7-13(17)15(19)20/h1-2,5-6,13H,3-4,7-10H2,(H,19,20). The number of rotatable bonds is 5. The summed E-state index contributed by atoms with van der Waals surface area (Å²) >= 11 is 6.00. The highest BCUT2D eigenvalue weighted by Crippen LogP contribution is 2.18. The van der Waals surface area contributed by atoms with Crippen molar-refractivity contribution in [3.63, 3.8) is 0 Å². The molecule has 1 N–H and O–H groups in total. The number of amides is 1. The van der Waals surface area contributed by atoms with Gasteiger partial charge in [0.1, 0.15) is 12.6 Å². The van der Waals surface area contributed by atoms with Crippen LogP contribution in [0.25, 0.3) is 0 Å². The Balaban J connectivity index is 1.86. The van der Waals surface area contributed by atoms with Gasteiger partial charge in [0, 0.05) is 11.6 Å². The number of carbonyl (C=O) groups excluding carboxylic acids is 1. The summed E-state index contributed by atoms with van der Waals surface area (Å²) in [5.41, 5.74) is 0.806. The molecule has 0 saturated carbocycles. The summed E-state index contributed by atoms with van der Waals surface area (Å²) in [6, 6.07) is 6.52. The van der Waals surface area contributed by atoms with Crippen LogP contribution in [-0.4, -0.2) is 41.1 Å². The van der Waals surface area contributed by atoms with Crippen LogP contribution < -0.4 is 0 Å². The van der Waals surface area contributed by atoms with E-state index in [1.54, 1.807) is 6.07 Å². The number of aliphatic carboxylic acids is 1. The van der Waals surface area contributed by atoms with E-state index < -0.39 is 12.0 Å². The van der Waals surface area contributed by atoms with Gasteiger partial charge in [-0.25, -0.2) is 4.79 Å². The zero-order chi connectivity index (χ0) is 15.2. The molecule has 6 heteroatoms. The highest BCUT2D eigenvalue weighted by molar-refractivity contribution is 6.31. The molecule has 1 amide bonds. The molecule has 2 rings (SSSR count). The lowest BCUT2D eigenvalue weighted by atomic mass is 10.0. The highest BCUT2D eigenvalue weighted by Gasteiger charge is 2.31.